The molecule has 0 amide bonds. The molecule has 1 spiro atoms. The first-order valence-electron chi connectivity index (χ1n) is 21.7. The zero-order chi connectivity index (χ0) is 41.5. The molecule has 1 aromatic heterocycles. The van der Waals surface area contributed by atoms with E-state index in [4.69, 9.17) is 0 Å². The first-order valence-corrected chi connectivity index (χ1v) is 22.6. The molecule has 2 aliphatic carbocycles. The summed E-state index contributed by atoms with van der Waals surface area (Å²) in [6, 6.07) is 87.5. The van der Waals surface area contributed by atoms with E-state index in [1.165, 1.54) is 98.1 Å². The fourth-order valence-corrected chi connectivity index (χ4v) is 11.9. The summed E-state index contributed by atoms with van der Waals surface area (Å²) in [6.45, 7) is 0. The standard InChI is InChI=1S/C61H39NS/c1-3-13-40(14-4-1)42-23-30-46(31-24-42)62(47-32-25-43(26-33-47)41-15-5-2-6-16-41)48-34-27-44(28-35-48)45-29-36-51-56(39-45)61(53-20-10-7-17-49(53)50-18-8-11-21-54(50)61)55-37-38-58-60(59(51)55)52-19-9-12-22-57(52)63-58/h1-39H. The Labute approximate surface area is 371 Å². The van der Waals surface area contributed by atoms with E-state index < -0.39 is 5.41 Å². The third-order valence-electron chi connectivity index (χ3n) is 13.5. The Bertz CT molecular complexity index is 3400. The van der Waals surface area contributed by atoms with E-state index in [1.807, 2.05) is 11.3 Å². The highest BCUT2D eigenvalue weighted by Gasteiger charge is 2.52. The van der Waals surface area contributed by atoms with Crippen molar-refractivity contribution in [2.45, 2.75) is 5.41 Å². The van der Waals surface area contributed by atoms with Gasteiger partial charge in [0.15, 0.2) is 0 Å². The predicted molar refractivity (Wildman–Crippen MR) is 267 cm³/mol. The molecule has 0 saturated carbocycles. The van der Waals surface area contributed by atoms with E-state index in [1.54, 1.807) is 0 Å². The molecule has 0 saturated heterocycles. The summed E-state index contributed by atoms with van der Waals surface area (Å²) in [5.74, 6) is 0. The van der Waals surface area contributed by atoms with Gasteiger partial charge in [-0.15, -0.1) is 11.3 Å². The summed E-state index contributed by atoms with van der Waals surface area (Å²) in [5, 5.41) is 2.71. The summed E-state index contributed by atoms with van der Waals surface area (Å²) in [5.41, 5.74) is 20.9. The largest absolute Gasteiger partial charge is 0.311 e. The highest BCUT2D eigenvalue weighted by molar-refractivity contribution is 7.26. The summed E-state index contributed by atoms with van der Waals surface area (Å²) in [7, 11) is 0. The highest BCUT2D eigenvalue weighted by atomic mass is 32.1. The van der Waals surface area contributed by atoms with E-state index in [0.717, 1.165) is 17.1 Å². The summed E-state index contributed by atoms with van der Waals surface area (Å²) in [6.07, 6.45) is 0. The molecule has 0 bridgehead atoms. The maximum absolute atomic E-state index is 2.51. The van der Waals surface area contributed by atoms with Gasteiger partial charge in [0.25, 0.3) is 0 Å². The lowest BCUT2D eigenvalue weighted by atomic mass is 9.70. The van der Waals surface area contributed by atoms with Crippen molar-refractivity contribution in [3.63, 3.8) is 0 Å². The Balaban J connectivity index is 0.957. The van der Waals surface area contributed by atoms with Crippen LogP contribution in [0, 0.1) is 0 Å². The quantitative estimate of drug-likeness (QED) is 0.162. The van der Waals surface area contributed by atoms with Gasteiger partial charge in [-0.3, -0.25) is 0 Å². The van der Waals surface area contributed by atoms with E-state index in [9.17, 15) is 0 Å². The van der Waals surface area contributed by atoms with Gasteiger partial charge < -0.3 is 4.90 Å². The van der Waals surface area contributed by atoms with E-state index >= 15 is 0 Å². The predicted octanol–water partition coefficient (Wildman–Crippen LogP) is 16.9. The summed E-state index contributed by atoms with van der Waals surface area (Å²) in [4.78, 5) is 2.37. The number of hydrogen-bond donors (Lipinski definition) is 0. The molecule has 0 atom stereocenters. The van der Waals surface area contributed by atoms with Gasteiger partial charge >= 0.3 is 0 Å². The Morgan fingerprint density at radius 3 is 1.33 bits per heavy atom. The molecular weight excluding hydrogens is 779 g/mol. The van der Waals surface area contributed by atoms with Gasteiger partial charge in [-0.05, 0) is 132 Å². The van der Waals surface area contributed by atoms with Gasteiger partial charge in [0.1, 0.15) is 0 Å². The highest BCUT2D eigenvalue weighted by Crippen LogP contribution is 2.65. The lowest BCUT2D eigenvalue weighted by Gasteiger charge is -2.30. The zero-order valence-corrected chi connectivity index (χ0v) is 35.2. The van der Waals surface area contributed by atoms with Crippen LogP contribution in [0.1, 0.15) is 22.3 Å². The SMILES string of the molecule is c1ccc(-c2ccc(N(c3ccc(-c4ccccc4)cc3)c3ccc(-c4ccc5c(c4)C4(c6ccccc6-c6ccccc64)c4ccc6sc7ccccc7c6c4-5)cc3)cc2)cc1. The monoisotopic (exact) mass is 817 g/mol. The van der Waals surface area contributed by atoms with E-state index in [2.05, 4.69) is 241 Å². The Morgan fingerprint density at radius 1 is 0.302 bits per heavy atom. The van der Waals surface area contributed by atoms with Crippen LogP contribution in [-0.2, 0) is 5.41 Å². The number of thiophene rings is 1. The molecule has 0 radical (unpaired) electrons. The van der Waals surface area contributed by atoms with Crippen molar-refractivity contribution < 1.29 is 0 Å². The van der Waals surface area contributed by atoms with Crippen molar-refractivity contribution in [3.05, 3.63) is 259 Å². The number of anilines is 3. The first-order chi connectivity index (χ1) is 31.2. The molecule has 13 rings (SSSR count). The molecule has 0 unspecified atom stereocenters. The van der Waals surface area contributed by atoms with Gasteiger partial charge in [-0.25, -0.2) is 0 Å². The Morgan fingerprint density at radius 2 is 0.762 bits per heavy atom. The fraction of sp³-hybridized carbons (Fsp3) is 0.0164. The van der Waals surface area contributed by atoms with Crippen LogP contribution in [0.25, 0.3) is 75.8 Å². The third kappa shape index (κ3) is 5.42. The van der Waals surface area contributed by atoms with Crippen LogP contribution in [0.4, 0.5) is 17.1 Å². The van der Waals surface area contributed by atoms with Crippen molar-refractivity contribution in [1.82, 2.24) is 0 Å². The smallest absolute Gasteiger partial charge is 0.0725 e. The molecule has 2 aliphatic rings. The molecule has 0 N–H and O–H groups in total. The van der Waals surface area contributed by atoms with E-state index in [-0.39, 0.29) is 0 Å². The van der Waals surface area contributed by atoms with Crippen molar-refractivity contribution in [2.75, 3.05) is 4.90 Å². The molecular formula is C61H39NS. The number of hydrogen-bond acceptors (Lipinski definition) is 2. The summed E-state index contributed by atoms with van der Waals surface area (Å²) < 4.78 is 2.67. The topological polar surface area (TPSA) is 3.24 Å². The van der Waals surface area contributed by atoms with Crippen molar-refractivity contribution >= 4 is 48.6 Å². The molecule has 0 fully saturated rings. The second-order valence-corrected chi connectivity index (χ2v) is 17.9. The lowest BCUT2D eigenvalue weighted by molar-refractivity contribution is 0.795. The van der Waals surface area contributed by atoms with Crippen LogP contribution >= 0.6 is 11.3 Å². The normalized spacial score (nSPS) is 12.9. The number of nitrogens with zero attached hydrogens (tertiary/aromatic N) is 1. The Kier molecular flexibility index (Phi) is 8.06. The van der Waals surface area contributed by atoms with Gasteiger partial charge in [-0.1, -0.05) is 182 Å². The number of benzene rings is 10. The average Bonchev–Trinajstić information content (AvgIpc) is 3.99. The van der Waals surface area contributed by atoms with Crippen LogP contribution in [0.5, 0.6) is 0 Å². The minimum Gasteiger partial charge on any atom is -0.311 e. The van der Waals surface area contributed by atoms with Crippen LogP contribution < -0.4 is 4.90 Å². The molecule has 11 aromatic rings. The average molecular weight is 818 g/mol. The lowest BCUT2D eigenvalue weighted by Crippen LogP contribution is -2.25. The first kappa shape index (κ1) is 35.9. The zero-order valence-electron chi connectivity index (χ0n) is 34.4. The molecule has 1 heterocycles. The number of fused-ring (bicyclic) bond motifs is 14. The van der Waals surface area contributed by atoms with Crippen LogP contribution in [0.3, 0.4) is 0 Å². The van der Waals surface area contributed by atoms with Gasteiger partial charge in [0.05, 0.1) is 5.41 Å². The minimum atomic E-state index is -0.431. The Hall–Kier alpha value is -7.78. The molecule has 2 heteroatoms. The minimum absolute atomic E-state index is 0.431. The third-order valence-corrected chi connectivity index (χ3v) is 14.7. The number of rotatable bonds is 6. The van der Waals surface area contributed by atoms with Crippen molar-refractivity contribution in [2.24, 2.45) is 0 Å². The molecule has 0 aliphatic heterocycles. The van der Waals surface area contributed by atoms with Crippen molar-refractivity contribution in [1.29, 1.82) is 0 Å². The van der Waals surface area contributed by atoms with E-state index in [0.29, 0.717) is 0 Å². The van der Waals surface area contributed by atoms with Gasteiger partial charge in [-0.2, -0.15) is 0 Å². The second kappa shape index (κ2) is 14.1. The molecule has 294 valence electrons. The fourth-order valence-electron chi connectivity index (χ4n) is 10.7. The van der Waals surface area contributed by atoms with Gasteiger partial charge in [0, 0.05) is 37.2 Å². The molecule has 63 heavy (non-hydrogen) atoms. The molecule has 1 nitrogen and oxygen atoms in total. The maximum Gasteiger partial charge on any atom is 0.0725 e. The van der Waals surface area contributed by atoms with Crippen LogP contribution in [0.2, 0.25) is 0 Å². The second-order valence-electron chi connectivity index (χ2n) is 16.8. The summed E-state index contributed by atoms with van der Waals surface area (Å²) >= 11 is 1.90. The van der Waals surface area contributed by atoms with Crippen LogP contribution in [-0.4, -0.2) is 0 Å². The molecule has 10 aromatic carbocycles. The van der Waals surface area contributed by atoms with Crippen molar-refractivity contribution in [3.8, 4) is 55.6 Å². The van der Waals surface area contributed by atoms with Crippen LogP contribution in [0.15, 0.2) is 237 Å². The van der Waals surface area contributed by atoms with Gasteiger partial charge in [0.2, 0.25) is 0 Å². The maximum atomic E-state index is 2.51.